The summed E-state index contributed by atoms with van der Waals surface area (Å²) in [6.45, 7) is 6.95. The fourth-order valence-corrected chi connectivity index (χ4v) is 3.79. The summed E-state index contributed by atoms with van der Waals surface area (Å²) in [6, 6.07) is -2.68. The zero-order chi connectivity index (χ0) is 15.2. The number of piperazine rings is 1. The van der Waals surface area contributed by atoms with Crippen molar-refractivity contribution in [3.05, 3.63) is 0 Å². The molecule has 0 bridgehead atoms. The lowest BCUT2D eigenvalue weighted by atomic mass is 10.0. The number of halogens is 3. The van der Waals surface area contributed by atoms with E-state index in [9.17, 15) is 21.6 Å². The highest BCUT2D eigenvalue weighted by atomic mass is 32.2. The van der Waals surface area contributed by atoms with Gasteiger partial charge in [0.25, 0.3) is 0 Å². The van der Waals surface area contributed by atoms with Gasteiger partial charge in [0.15, 0.2) is 0 Å². The first kappa shape index (κ1) is 16.7. The lowest BCUT2D eigenvalue weighted by Gasteiger charge is -2.49. The summed E-state index contributed by atoms with van der Waals surface area (Å²) in [5.74, 6) is 0. The normalized spacial score (nSPS) is 28.6. The Morgan fingerprint density at radius 3 is 1.89 bits per heavy atom. The van der Waals surface area contributed by atoms with Gasteiger partial charge in [0.1, 0.15) is 6.04 Å². The number of rotatable bonds is 1. The molecule has 114 valence electrons. The molecule has 0 aromatic heterocycles. The van der Waals surface area contributed by atoms with E-state index >= 15 is 0 Å². The van der Waals surface area contributed by atoms with Gasteiger partial charge in [-0.25, -0.2) is 8.42 Å². The Morgan fingerprint density at radius 2 is 1.58 bits per heavy atom. The largest absolute Gasteiger partial charge is 0.406 e. The van der Waals surface area contributed by atoms with Crippen LogP contribution in [0.5, 0.6) is 0 Å². The smallest absolute Gasteiger partial charge is 0.295 e. The number of hydrogen-bond donors (Lipinski definition) is 0. The van der Waals surface area contributed by atoms with E-state index in [-0.39, 0.29) is 6.54 Å². The third-order valence-electron chi connectivity index (χ3n) is 3.33. The number of alkyl halides is 3. The van der Waals surface area contributed by atoms with E-state index in [4.69, 9.17) is 0 Å². The maximum atomic E-state index is 13.1. The van der Waals surface area contributed by atoms with Crippen LogP contribution < -0.4 is 0 Å². The maximum Gasteiger partial charge on any atom is 0.406 e. The number of sulfonamides is 1. The van der Waals surface area contributed by atoms with Crippen LogP contribution in [-0.2, 0) is 10.0 Å². The Labute approximate surface area is 112 Å². The molecule has 0 amide bonds. The maximum absolute atomic E-state index is 13.1. The highest BCUT2D eigenvalue weighted by Gasteiger charge is 2.53. The molecule has 2 unspecified atom stereocenters. The summed E-state index contributed by atoms with van der Waals surface area (Å²) in [5, 5.41) is 0. The molecule has 1 fully saturated rings. The molecular weight excluding hydrogens is 281 g/mol. The van der Waals surface area contributed by atoms with E-state index in [0.29, 0.717) is 10.8 Å². The molecule has 1 aliphatic rings. The van der Waals surface area contributed by atoms with Crippen LogP contribution in [0.15, 0.2) is 0 Å². The van der Waals surface area contributed by atoms with E-state index in [1.165, 1.54) is 6.92 Å². The minimum atomic E-state index is -4.57. The minimum Gasteiger partial charge on any atom is -0.295 e. The van der Waals surface area contributed by atoms with Crippen molar-refractivity contribution in [3.8, 4) is 0 Å². The van der Waals surface area contributed by atoms with E-state index in [2.05, 4.69) is 0 Å². The second-order valence-electron chi connectivity index (χ2n) is 6.08. The van der Waals surface area contributed by atoms with Crippen LogP contribution in [0.1, 0.15) is 27.7 Å². The third kappa shape index (κ3) is 3.82. The highest BCUT2D eigenvalue weighted by molar-refractivity contribution is 7.88. The molecule has 1 saturated heterocycles. The first-order valence-electron chi connectivity index (χ1n) is 6.05. The van der Waals surface area contributed by atoms with Crippen molar-refractivity contribution in [1.29, 1.82) is 0 Å². The standard InChI is InChI=1S/C11H21F3N2O2S/c1-8-6-15(10(2,3)4)7-9(11(12,13)14)16(8)19(5,17)18/h8-9H,6-7H2,1-5H3. The van der Waals surface area contributed by atoms with Crippen molar-refractivity contribution in [2.45, 2.75) is 51.5 Å². The van der Waals surface area contributed by atoms with Gasteiger partial charge in [0.05, 0.1) is 6.26 Å². The fourth-order valence-electron chi connectivity index (χ4n) is 2.42. The van der Waals surface area contributed by atoms with Crippen molar-refractivity contribution in [3.63, 3.8) is 0 Å². The molecule has 0 aromatic carbocycles. The van der Waals surface area contributed by atoms with Crippen molar-refractivity contribution in [1.82, 2.24) is 9.21 Å². The van der Waals surface area contributed by atoms with Crippen LogP contribution >= 0.6 is 0 Å². The molecule has 0 aliphatic carbocycles. The van der Waals surface area contributed by atoms with Crippen LogP contribution in [0.3, 0.4) is 0 Å². The molecule has 0 spiro atoms. The molecule has 0 saturated carbocycles. The van der Waals surface area contributed by atoms with Crippen LogP contribution in [0.4, 0.5) is 13.2 Å². The lowest BCUT2D eigenvalue weighted by molar-refractivity contribution is -0.193. The average molecular weight is 302 g/mol. The van der Waals surface area contributed by atoms with Gasteiger partial charge in [0, 0.05) is 24.7 Å². The molecule has 0 radical (unpaired) electrons. The average Bonchev–Trinajstić information content (AvgIpc) is 2.11. The quantitative estimate of drug-likeness (QED) is 0.740. The van der Waals surface area contributed by atoms with Crippen molar-refractivity contribution in [2.24, 2.45) is 0 Å². The van der Waals surface area contributed by atoms with Crippen LogP contribution in [-0.4, -0.2) is 60.8 Å². The topological polar surface area (TPSA) is 40.6 Å². The van der Waals surface area contributed by atoms with Crippen molar-refractivity contribution in [2.75, 3.05) is 19.3 Å². The summed E-state index contributed by atoms with van der Waals surface area (Å²) >= 11 is 0. The summed E-state index contributed by atoms with van der Waals surface area (Å²) in [7, 11) is -3.89. The molecule has 4 nitrogen and oxygen atoms in total. The first-order chi connectivity index (χ1) is 8.24. The van der Waals surface area contributed by atoms with Gasteiger partial charge in [-0.1, -0.05) is 0 Å². The van der Waals surface area contributed by atoms with Crippen LogP contribution in [0.2, 0.25) is 0 Å². The Balaban J connectivity index is 3.17. The number of nitrogens with zero attached hydrogens (tertiary/aromatic N) is 2. The number of hydrogen-bond acceptors (Lipinski definition) is 3. The van der Waals surface area contributed by atoms with Crippen molar-refractivity contribution < 1.29 is 21.6 Å². The molecule has 8 heteroatoms. The molecule has 1 rings (SSSR count). The van der Waals surface area contributed by atoms with Gasteiger partial charge in [0.2, 0.25) is 10.0 Å². The van der Waals surface area contributed by atoms with Gasteiger partial charge in [-0.05, 0) is 27.7 Å². The Bertz CT molecular complexity index is 428. The van der Waals surface area contributed by atoms with Gasteiger partial charge in [-0.3, -0.25) is 4.90 Å². The highest BCUT2D eigenvalue weighted by Crippen LogP contribution is 2.34. The predicted molar refractivity (Wildman–Crippen MR) is 67.3 cm³/mol. The zero-order valence-corrected chi connectivity index (χ0v) is 12.6. The van der Waals surface area contributed by atoms with E-state index < -0.39 is 33.8 Å². The second-order valence-corrected chi connectivity index (χ2v) is 7.96. The summed E-state index contributed by atoms with van der Waals surface area (Å²) in [6.07, 6.45) is -3.74. The van der Waals surface area contributed by atoms with E-state index in [1.54, 1.807) is 4.90 Å². The Kier molecular flexibility index (Phi) is 4.30. The van der Waals surface area contributed by atoms with Gasteiger partial charge in [-0.15, -0.1) is 0 Å². The monoisotopic (exact) mass is 302 g/mol. The summed E-state index contributed by atoms with van der Waals surface area (Å²) in [5.41, 5.74) is -0.429. The second kappa shape index (κ2) is 4.89. The first-order valence-corrected chi connectivity index (χ1v) is 7.89. The zero-order valence-electron chi connectivity index (χ0n) is 11.8. The predicted octanol–water partition coefficient (Wildman–Crippen LogP) is 1.68. The fraction of sp³-hybridized carbons (Fsp3) is 1.00. The molecule has 2 atom stereocenters. The molecule has 0 aromatic rings. The third-order valence-corrected chi connectivity index (χ3v) is 4.71. The summed E-state index contributed by atoms with van der Waals surface area (Å²) in [4.78, 5) is 1.68. The summed E-state index contributed by atoms with van der Waals surface area (Å²) < 4.78 is 63.2. The van der Waals surface area contributed by atoms with Gasteiger partial charge >= 0.3 is 6.18 Å². The van der Waals surface area contributed by atoms with Crippen molar-refractivity contribution >= 4 is 10.0 Å². The lowest BCUT2D eigenvalue weighted by Crippen LogP contribution is -2.66. The van der Waals surface area contributed by atoms with Gasteiger partial charge in [-0.2, -0.15) is 17.5 Å². The minimum absolute atomic E-state index is 0.295. The molecule has 19 heavy (non-hydrogen) atoms. The SMILES string of the molecule is CC1CN(C(C)(C)C)CC(C(F)(F)F)N1S(C)(=O)=O. The molecular formula is C11H21F3N2O2S. The van der Waals surface area contributed by atoms with Crippen LogP contribution in [0.25, 0.3) is 0 Å². The Hall–Kier alpha value is -0.340. The molecule has 1 heterocycles. The van der Waals surface area contributed by atoms with Gasteiger partial charge < -0.3 is 0 Å². The molecule has 0 N–H and O–H groups in total. The van der Waals surface area contributed by atoms with E-state index in [0.717, 1.165) is 6.26 Å². The van der Waals surface area contributed by atoms with Crippen LogP contribution in [0, 0.1) is 0 Å². The Morgan fingerprint density at radius 1 is 1.11 bits per heavy atom. The van der Waals surface area contributed by atoms with E-state index in [1.807, 2.05) is 20.8 Å². The molecule has 1 aliphatic heterocycles.